The van der Waals surface area contributed by atoms with Crippen LogP contribution in [0.25, 0.3) is 0 Å². The minimum atomic E-state index is -3.46. The zero-order valence-electron chi connectivity index (χ0n) is 9.29. The fraction of sp³-hybridized carbons (Fsp3) is 0.778. The van der Waals surface area contributed by atoms with Gasteiger partial charge in [0.2, 0.25) is 7.37 Å². The van der Waals surface area contributed by atoms with E-state index in [4.69, 9.17) is 10.2 Å². The van der Waals surface area contributed by atoms with Gasteiger partial charge in [-0.15, -0.1) is 0 Å². The smallest absolute Gasteiger partial charge is 0.307 e. The summed E-state index contributed by atoms with van der Waals surface area (Å²) < 4.78 is 11.3. The highest BCUT2D eigenvalue weighted by atomic mass is 31.2. The van der Waals surface area contributed by atoms with Crippen LogP contribution in [0.5, 0.6) is 0 Å². The predicted molar refractivity (Wildman–Crippen MR) is 57.8 cm³/mol. The lowest BCUT2D eigenvalue weighted by molar-refractivity contribution is -0.143. The van der Waals surface area contributed by atoms with Gasteiger partial charge in [-0.25, -0.2) is 0 Å². The van der Waals surface area contributed by atoms with E-state index in [0.717, 1.165) is 6.66 Å². The summed E-state index contributed by atoms with van der Waals surface area (Å²) in [7, 11) is -3.46. The molecule has 94 valence electrons. The number of aliphatic carboxylic acids is 2. The van der Waals surface area contributed by atoms with Crippen LogP contribution in [-0.2, 0) is 14.2 Å². The molecule has 0 aliphatic rings. The number of carboxylic acid groups (broad SMARTS) is 2. The second kappa shape index (κ2) is 6.01. The van der Waals surface area contributed by atoms with Gasteiger partial charge in [-0.05, 0) is 12.8 Å². The van der Waals surface area contributed by atoms with Gasteiger partial charge in [0.05, 0.1) is 5.92 Å². The lowest BCUT2D eigenvalue weighted by Gasteiger charge is -2.22. The number of hydrogen-bond donors (Lipinski definition) is 3. The average Bonchev–Trinajstić information content (AvgIpc) is 2.08. The van der Waals surface area contributed by atoms with Crippen LogP contribution in [0.2, 0.25) is 0 Å². The van der Waals surface area contributed by atoms with E-state index >= 15 is 0 Å². The van der Waals surface area contributed by atoms with Crippen LogP contribution in [-0.4, -0.2) is 39.4 Å². The lowest BCUT2D eigenvalue weighted by Crippen LogP contribution is -2.26. The van der Waals surface area contributed by atoms with E-state index in [2.05, 4.69) is 0 Å². The lowest BCUT2D eigenvalue weighted by atomic mass is 9.99. The van der Waals surface area contributed by atoms with E-state index in [1.54, 1.807) is 0 Å². The second-order valence-electron chi connectivity index (χ2n) is 3.91. The van der Waals surface area contributed by atoms with Crippen molar-refractivity contribution in [1.82, 2.24) is 0 Å². The van der Waals surface area contributed by atoms with Crippen molar-refractivity contribution in [2.24, 2.45) is 5.92 Å². The van der Waals surface area contributed by atoms with E-state index in [9.17, 15) is 19.0 Å². The zero-order chi connectivity index (χ0) is 12.9. The van der Waals surface area contributed by atoms with Gasteiger partial charge in [-0.1, -0.05) is 6.92 Å². The van der Waals surface area contributed by atoms with Crippen molar-refractivity contribution in [3.05, 3.63) is 0 Å². The first-order chi connectivity index (χ1) is 7.16. The van der Waals surface area contributed by atoms with Gasteiger partial charge < -0.3 is 15.1 Å². The third-order valence-corrected chi connectivity index (χ3v) is 4.43. The summed E-state index contributed by atoms with van der Waals surface area (Å²) in [5.41, 5.74) is -0.862. The van der Waals surface area contributed by atoms with Crippen molar-refractivity contribution in [2.45, 2.75) is 31.8 Å². The fourth-order valence-electron chi connectivity index (χ4n) is 1.38. The molecule has 6 nitrogen and oxygen atoms in total. The maximum absolute atomic E-state index is 11.3. The molecule has 0 saturated heterocycles. The zero-order valence-corrected chi connectivity index (χ0v) is 10.2. The van der Waals surface area contributed by atoms with E-state index < -0.39 is 30.9 Å². The van der Waals surface area contributed by atoms with Gasteiger partial charge in [0, 0.05) is 18.7 Å². The molecule has 0 fully saturated rings. The van der Waals surface area contributed by atoms with Crippen molar-refractivity contribution in [3.63, 3.8) is 0 Å². The molecular weight excluding hydrogens is 235 g/mol. The summed E-state index contributed by atoms with van der Waals surface area (Å²) in [6.45, 7) is 2.52. The molecular formula is C9H17O6P. The van der Waals surface area contributed by atoms with Gasteiger partial charge >= 0.3 is 11.9 Å². The molecule has 0 radical (unpaired) electrons. The number of carbonyl (C=O) groups is 2. The maximum atomic E-state index is 11.3. The van der Waals surface area contributed by atoms with E-state index in [-0.39, 0.29) is 19.3 Å². The van der Waals surface area contributed by atoms with E-state index in [1.807, 2.05) is 0 Å². The molecule has 3 atom stereocenters. The fourth-order valence-corrected chi connectivity index (χ4v) is 2.32. The molecule has 0 amide bonds. The van der Waals surface area contributed by atoms with Crippen LogP contribution in [0.4, 0.5) is 0 Å². The first-order valence-corrected chi connectivity index (χ1v) is 7.08. The predicted octanol–water partition coefficient (Wildman–Crippen LogP) is 1.23. The topological polar surface area (TPSA) is 112 Å². The van der Waals surface area contributed by atoms with Crippen LogP contribution in [0, 0.1) is 5.92 Å². The Morgan fingerprint density at radius 2 is 1.81 bits per heavy atom. The first kappa shape index (κ1) is 15.1. The minimum absolute atomic E-state index is 0.0984. The van der Waals surface area contributed by atoms with Crippen molar-refractivity contribution < 1.29 is 29.3 Å². The number of hydrogen-bond acceptors (Lipinski definition) is 3. The molecule has 3 unspecified atom stereocenters. The van der Waals surface area contributed by atoms with Crippen LogP contribution in [0.15, 0.2) is 0 Å². The third-order valence-electron chi connectivity index (χ3n) is 2.56. The summed E-state index contributed by atoms with van der Waals surface area (Å²) >= 11 is 0. The highest BCUT2D eigenvalue weighted by molar-refractivity contribution is 7.57. The first-order valence-electron chi connectivity index (χ1n) is 4.90. The summed E-state index contributed by atoms with van der Waals surface area (Å²) in [5, 5.41) is 17.3. The SMILES string of the molecule is CC(C(CCCC(=O)O)C(=O)O)P(C)(=O)O. The molecule has 0 aromatic carbocycles. The largest absolute Gasteiger partial charge is 0.481 e. The Morgan fingerprint density at radius 3 is 2.12 bits per heavy atom. The monoisotopic (exact) mass is 252 g/mol. The average molecular weight is 252 g/mol. The van der Waals surface area contributed by atoms with Crippen molar-refractivity contribution in [1.29, 1.82) is 0 Å². The minimum Gasteiger partial charge on any atom is -0.481 e. The molecule has 0 aliphatic heterocycles. The van der Waals surface area contributed by atoms with Gasteiger partial charge in [0.1, 0.15) is 0 Å². The van der Waals surface area contributed by atoms with Gasteiger partial charge in [0.15, 0.2) is 0 Å². The maximum Gasteiger partial charge on any atom is 0.307 e. The van der Waals surface area contributed by atoms with Gasteiger partial charge in [-0.3, -0.25) is 14.2 Å². The summed E-state index contributed by atoms with van der Waals surface area (Å²) in [5.74, 6) is -3.13. The molecule has 0 aliphatic carbocycles. The summed E-state index contributed by atoms with van der Waals surface area (Å²) in [6.07, 6.45) is 0.160. The molecule has 0 saturated carbocycles. The van der Waals surface area contributed by atoms with Crippen molar-refractivity contribution >= 4 is 19.3 Å². The molecule has 0 bridgehead atoms. The molecule has 3 N–H and O–H groups in total. The number of rotatable bonds is 7. The second-order valence-corrected chi connectivity index (χ2v) is 6.62. The van der Waals surface area contributed by atoms with E-state index in [1.165, 1.54) is 6.92 Å². The molecule has 0 spiro atoms. The molecule has 0 aromatic heterocycles. The Hall–Kier alpha value is -0.870. The Kier molecular flexibility index (Phi) is 5.68. The Balaban J connectivity index is 4.45. The van der Waals surface area contributed by atoms with Crippen molar-refractivity contribution in [3.8, 4) is 0 Å². The normalized spacial score (nSPS) is 18.4. The standard InChI is InChI=1S/C9H17O6P/c1-6(16(2,14)15)7(9(12)13)4-3-5-8(10)11/h6-7H,3-5H2,1-2H3,(H,10,11)(H,12,13)(H,14,15). The molecule has 7 heteroatoms. The Bertz CT molecular complexity index is 307. The Labute approximate surface area is 93.7 Å². The molecule has 0 rings (SSSR count). The number of carboxylic acids is 2. The molecule has 0 heterocycles. The van der Waals surface area contributed by atoms with Gasteiger partial charge in [0.25, 0.3) is 0 Å². The Morgan fingerprint density at radius 1 is 1.31 bits per heavy atom. The van der Waals surface area contributed by atoms with Crippen molar-refractivity contribution in [2.75, 3.05) is 6.66 Å². The van der Waals surface area contributed by atoms with Crippen LogP contribution in [0.1, 0.15) is 26.2 Å². The van der Waals surface area contributed by atoms with Crippen LogP contribution < -0.4 is 0 Å². The van der Waals surface area contributed by atoms with Crippen LogP contribution in [0.3, 0.4) is 0 Å². The van der Waals surface area contributed by atoms with Crippen LogP contribution >= 0.6 is 7.37 Å². The highest BCUT2D eigenvalue weighted by Crippen LogP contribution is 2.46. The van der Waals surface area contributed by atoms with Gasteiger partial charge in [-0.2, -0.15) is 0 Å². The molecule has 0 aromatic rings. The quantitative estimate of drug-likeness (QED) is 0.587. The highest BCUT2D eigenvalue weighted by Gasteiger charge is 2.34. The molecule has 16 heavy (non-hydrogen) atoms. The summed E-state index contributed by atoms with van der Waals surface area (Å²) in [4.78, 5) is 30.4. The third kappa shape index (κ3) is 5.28. The van der Waals surface area contributed by atoms with E-state index in [0.29, 0.717) is 0 Å². The summed E-state index contributed by atoms with van der Waals surface area (Å²) in [6, 6.07) is 0.